The van der Waals surface area contributed by atoms with Gasteiger partial charge in [-0.2, -0.15) is 4.31 Å². The summed E-state index contributed by atoms with van der Waals surface area (Å²) in [6.45, 7) is 10.3. The number of hydrogen-bond acceptors (Lipinski definition) is 7. The number of methoxy groups -OCH3 is 1. The van der Waals surface area contributed by atoms with Crippen LogP contribution in [0.15, 0.2) is 58.4 Å². The van der Waals surface area contributed by atoms with Gasteiger partial charge in [-0.1, -0.05) is 30.3 Å². The standard InChI is InChI=1S/C30H40N4O6S/c1-21-18-25(39-8)19-22(2)27(21)41(37,38)33(7)16-9-10-26(35)32(6)20-23-11-13-24(14-12-23)28-31-15-17-34(28)29(36)40-30(3,4)5/h9-14,18-19H,15-17,20H2,1-8H3. The highest BCUT2D eigenvalue weighted by Gasteiger charge is 2.29. The van der Waals surface area contributed by atoms with E-state index in [0.29, 0.717) is 42.3 Å². The van der Waals surface area contributed by atoms with Crippen LogP contribution in [-0.4, -0.2) is 86.8 Å². The number of amides is 2. The summed E-state index contributed by atoms with van der Waals surface area (Å²) in [4.78, 5) is 33.1. The van der Waals surface area contributed by atoms with Gasteiger partial charge in [0.2, 0.25) is 15.9 Å². The molecule has 11 heteroatoms. The summed E-state index contributed by atoms with van der Waals surface area (Å²) in [7, 11) is 0.935. The number of aliphatic imine (C=N–C) groups is 1. The van der Waals surface area contributed by atoms with Crippen molar-refractivity contribution in [2.24, 2.45) is 4.99 Å². The summed E-state index contributed by atoms with van der Waals surface area (Å²) < 4.78 is 38.3. The van der Waals surface area contributed by atoms with Crippen molar-refractivity contribution in [3.05, 3.63) is 70.8 Å². The average Bonchev–Trinajstić information content (AvgIpc) is 3.37. The largest absolute Gasteiger partial charge is 0.497 e. The number of nitrogens with zero attached hydrogens (tertiary/aromatic N) is 4. The highest BCUT2D eigenvalue weighted by Crippen LogP contribution is 2.27. The number of ether oxygens (including phenoxy) is 2. The van der Waals surface area contributed by atoms with Crippen LogP contribution in [0, 0.1) is 13.8 Å². The summed E-state index contributed by atoms with van der Waals surface area (Å²) in [5.41, 5.74) is 2.27. The molecule has 2 amide bonds. The highest BCUT2D eigenvalue weighted by molar-refractivity contribution is 7.89. The van der Waals surface area contributed by atoms with Crippen LogP contribution in [0.3, 0.4) is 0 Å². The third-order valence-electron chi connectivity index (χ3n) is 6.42. The van der Waals surface area contributed by atoms with Crippen LogP contribution in [0.25, 0.3) is 0 Å². The van der Waals surface area contributed by atoms with Gasteiger partial charge < -0.3 is 14.4 Å². The Morgan fingerprint density at radius 2 is 1.68 bits per heavy atom. The van der Waals surface area contributed by atoms with Crippen molar-refractivity contribution in [2.75, 3.05) is 40.8 Å². The molecule has 2 aromatic carbocycles. The van der Waals surface area contributed by atoms with Gasteiger partial charge in [0, 0.05) is 38.8 Å². The molecule has 0 saturated carbocycles. The van der Waals surface area contributed by atoms with Gasteiger partial charge in [0.05, 0.1) is 25.1 Å². The van der Waals surface area contributed by atoms with Gasteiger partial charge in [-0.15, -0.1) is 0 Å². The van der Waals surface area contributed by atoms with Crippen LogP contribution in [-0.2, 0) is 26.1 Å². The van der Waals surface area contributed by atoms with E-state index in [1.165, 1.54) is 40.4 Å². The highest BCUT2D eigenvalue weighted by atomic mass is 32.2. The Hall–Kier alpha value is -3.70. The Balaban J connectivity index is 1.59. The molecule has 0 aliphatic carbocycles. The second-order valence-corrected chi connectivity index (χ2v) is 13.0. The van der Waals surface area contributed by atoms with E-state index in [0.717, 1.165) is 11.1 Å². The summed E-state index contributed by atoms with van der Waals surface area (Å²) in [5, 5.41) is 0. The molecule has 0 radical (unpaired) electrons. The molecule has 3 rings (SSSR count). The monoisotopic (exact) mass is 584 g/mol. The van der Waals surface area contributed by atoms with Crippen LogP contribution in [0.2, 0.25) is 0 Å². The van der Waals surface area contributed by atoms with Crippen molar-refractivity contribution in [1.29, 1.82) is 0 Å². The first kappa shape index (κ1) is 31.8. The van der Waals surface area contributed by atoms with E-state index in [1.54, 1.807) is 33.0 Å². The van der Waals surface area contributed by atoms with Gasteiger partial charge in [0.1, 0.15) is 17.2 Å². The number of carbonyl (C=O) groups is 2. The second kappa shape index (κ2) is 12.9. The first-order valence-corrected chi connectivity index (χ1v) is 14.8. The number of benzene rings is 2. The molecule has 10 nitrogen and oxygen atoms in total. The van der Waals surface area contributed by atoms with E-state index in [-0.39, 0.29) is 17.3 Å². The fraction of sp³-hybridized carbons (Fsp3) is 0.433. The third-order valence-corrected chi connectivity index (χ3v) is 8.55. The van der Waals surface area contributed by atoms with Crippen LogP contribution in [0.4, 0.5) is 4.79 Å². The normalized spacial score (nSPS) is 14.0. The van der Waals surface area contributed by atoms with Crippen LogP contribution < -0.4 is 4.74 Å². The zero-order valence-electron chi connectivity index (χ0n) is 25.1. The molecule has 0 bridgehead atoms. The Labute approximate surface area is 243 Å². The molecule has 1 aliphatic rings. The number of hydrogen-bond donors (Lipinski definition) is 0. The quantitative estimate of drug-likeness (QED) is 0.410. The SMILES string of the molecule is COc1cc(C)c(S(=O)(=O)N(C)CC=CC(=O)N(C)Cc2ccc(C3=NCCN3C(=O)OC(C)(C)C)cc2)c(C)c1. The van der Waals surface area contributed by atoms with Crippen LogP contribution in [0.5, 0.6) is 5.75 Å². The summed E-state index contributed by atoms with van der Waals surface area (Å²) in [6, 6.07) is 10.9. The molecule has 0 fully saturated rings. The molecule has 0 unspecified atom stereocenters. The Morgan fingerprint density at radius 1 is 1.07 bits per heavy atom. The van der Waals surface area contributed by atoms with E-state index >= 15 is 0 Å². The third kappa shape index (κ3) is 7.95. The first-order chi connectivity index (χ1) is 19.1. The minimum Gasteiger partial charge on any atom is -0.497 e. The van der Waals surface area contributed by atoms with Crippen LogP contribution >= 0.6 is 0 Å². The fourth-order valence-electron chi connectivity index (χ4n) is 4.42. The van der Waals surface area contributed by atoms with E-state index in [9.17, 15) is 18.0 Å². The van der Waals surface area contributed by atoms with Gasteiger partial charge in [-0.3, -0.25) is 14.7 Å². The van der Waals surface area contributed by atoms with E-state index in [2.05, 4.69) is 4.99 Å². The number of carbonyl (C=O) groups excluding carboxylic acids is 2. The van der Waals surface area contributed by atoms with Gasteiger partial charge in [-0.05, 0) is 63.4 Å². The smallest absolute Gasteiger partial charge is 0.416 e. The zero-order valence-corrected chi connectivity index (χ0v) is 25.9. The van der Waals surface area contributed by atoms with Crippen molar-refractivity contribution in [2.45, 2.75) is 51.7 Å². The van der Waals surface area contributed by atoms with Gasteiger partial charge in [0.25, 0.3) is 0 Å². The van der Waals surface area contributed by atoms with E-state index in [1.807, 2.05) is 45.0 Å². The summed E-state index contributed by atoms with van der Waals surface area (Å²) in [6.07, 6.45) is 2.49. The predicted octanol–water partition coefficient (Wildman–Crippen LogP) is 4.14. The molecule has 222 valence electrons. The molecule has 0 spiro atoms. The molecule has 0 aromatic heterocycles. The maximum Gasteiger partial charge on any atom is 0.416 e. The molecule has 2 aromatic rings. The van der Waals surface area contributed by atoms with Crippen LogP contribution in [0.1, 0.15) is 43.0 Å². The number of likely N-dealkylation sites (N-methyl/N-ethyl adjacent to an activating group) is 2. The maximum absolute atomic E-state index is 13.2. The lowest BCUT2D eigenvalue weighted by Crippen LogP contribution is -2.39. The number of amidine groups is 1. The lowest BCUT2D eigenvalue weighted by Gasteiger charge is -2.25. The molecule has 1 aliphatic heterocycles. The molecule has 1 heterocycles. The summed E-state index contributed by atoms with van der Waals surface area (Å²) >= 11 is 0. The van der Waals surface area contributed by atoms with Crippen molar-refractivity contribution in [3.8, 4) is 5.75 Å². The zero-order chi connectivity index (χ0) is 30.5. The van der Waals surface area contributed by atoms with Crippen molar-refractivity contribution < 1.29 is 27.5 Å². The van der Waals surface area contributed by atoms with E-state index in [4.69, 9.17) is 9.47 Å². The van der Waals surface area contributed by atoms with Gasteiger partial charge in [0.15, 0.2) is 0 Å². The number of rotatable bonds is 9. The molecule has 0 N–H and O–H groups in total. The van der Waals surface area contributed by atoms with Crippen molar-refractivity contribution in [1.82, 2.24) is 14.1 Å². The van der Waals surface area contributed by atoms with E-state index < -0.39 is 21.7 Å². The summed E-state index contributed by atoms with van der Waals surface area (Å²) in [5.74, 6) is 0.907. The molecular weight excluding hydrogens is 544 g/mol. The number of aryl methyl sites for hydroxylation is 2. The number of sulfonamides is 1. The molecule has 41 heavy (non-hydrogen) atoms. The van der Waals surface area contributed by atoms with Crippen molar-refractivity contribution in [3.63, 3.8) is 0 Å². The van der Waals surface area contributed by atoms with Gasteiger partial charge >= 0.3 is 6.09 Å². The van der Waals surface area contributed by atoms with Crippen molar-refractivity contribution >= 4 is 27.9 Å². The Kier molecular flexibility index (Phi) is 9.98. The minimum atomic E-state index is -3.76. The topological polar surface area (TPSA) is 109 Å². The Bertz CT molecular complexity index is 1420. The fourth-order valence-corrected chi connectivity index (χ4v) is 5.94. The minimum absolute atomic E-state index is 0.0395. The first-order valence-electron chi connectivity index (χ1n) is 13.3. The lowest BCUT2D eigenvalue weighted by atomic mass is 10.1. The van der Waals surface area contributed by atoms with Gasteiger partial charge in [-0.25, -0.2) is 13.2 Å². The molecule has 0 atom stereocenters. The maximum atomic E-state index is 13.2. The lowest BCUT2D eigenvalue weighted by molar-refractivity contribution is -0.125. The molecular formula is C30H40N4O6S. The Morgan fingerprint density at radius 3 is 2.24 bits per heavy atom. The second-order valence-electron chi connectivity index (χ2n) is 11.0. The molecule has 0 saturated heterocycles. The average molecular weight is 585 g/mol. The predicted molar refractivity (Wildman–Crippen MR) is 159 cm³/mol.